The molecule has 2 N–H and O–H groups in total. The summed E-state index contributed by atoms with van der Waals surface area (Å²) in [5.41, 5.74) is 5.55. The van der Waals surface area contributed by atoms with Gasteiger partial charge in [-0.3, -0.25) is 0 Å². The standard InChI is InChI=1S/C11H24N2O2S/c1-11(2,3)16(14,15)13-9-5-4-6-10(13)7-8-12/h10H,4-9,12H2,1-3H3. The molecule has 0 spiro atoms. The van der Waals surface area contributed by atoms with E-state index in [4.69, 9.17) is 5.73 Å². The highest BCUT2D eigenvalue weighted by Crippen LogP contribution is 2.28. The van der Waals surface area contributed by atoms with Crippen LogP contribution in [0.25, 0.3) is 0 Å². The number of sulfonamides is 1. The van der Waals surface area contributed by atoms with Crippen molar-refractivity contribution in [3.8, 4) is 0 Å². The Labute approximate surface area is 99.2 Å². The number of nitrogens with two attached hydrogens (primary N) is 1. The summed E-state index contributed by atoms with van der Waals surface area (Å²) in [7, 11) is -3.19. The number of hydrogen-bond acceptors (Lipinski definition) is 3. The molecule has 0 aromatic carbocycles. The van der Waals surface area contributed by atoms with Crippen LogP contribution >= 0.6 is 0 Å². The molecule has 0 aromatic heterocycles. The monoisotopic (exact) mass is 248 g/mol. The summed E-state index contributed by atoms with van der Waals surface area (Å²) in [6.07, 6.45) is 3.80. The van der Waals surface area contributed by atoms with Crippen LogP contribution in [-0.2, 0) is 10.0 Å². The predicted molar refractivity (Wildman–Crippen MR) is 66.7 cm³/mol. The highest BCUT2D eigenvalue weighted by molar-refractivity contribution is 7.90. The molecule has 5 heteroatoms. The van der Waals surface area contributed by atoms with Gasteiger partial charge >= 0.3 is 0 Å². The van der Waals surface area contributed by atoms with Gasteiger partial charge in [0.1, 0.15) is 0 Å². The van der Waals surface area contributed by atoms with Crippen molar-refractivity contribution in [2.24, 2.45) is 5.73 Å². The fourth-order valence-corrected chi connectivity index (χ4v) is 3.80. The summed E-state index contributed by atoms with van der Waals surface area (Å²) in [4.78, 5) is 0. The second-order valence-corrected chi connectivity index (χ2v) is 8.10. The van der Waals surface area contributed by atoms with Gasteiger partial charge < -0.3 is 5.73 Å². The molecule has 16 heavy (non-hydrogen) atoms. The summed E-state index contributed by atoms with van der Waals surface area (Å²) >= 11 is 0. The molecule has 0 amide bonds. The topological polar surface area (TPSA) is 63.4 Å². The van der Waals surface area contributed by atoms with Crippen LogP contribution in [0.4, 0.5) is 0 Å². The van der Waals surface area contributed by atoms with Crippen LogP contribution in [0.1, 0.15) is 46.5 Å². The van der Waals surface area contributed by atoms with E-state index in [1.54, 1.807) is 25.1 Å². The molecular weight excluding hydrogens is 224 g/mol. The Kier molecular flexibility index (Phi) is 4.37. The fourth-order valence-electron chi connectivity index (χ4n) is 2.12. The first kappa shape index (κ1) is 13.9. The third-order valence-corrected chi connectivity index (χ3v) is 5.80. The van der Waals surface area contributed by atoms with E-state index in [0.29, 0.717) is 13.1 Å². The Balaban J connectivity index is 2.91. The minimum atomic E-state index is -3.19. The van der Waals surface area contributed by atoms with Gasteiger partial charge in [-0.1, -0.05) is 6.42 Å². The Morgan fingerprint density at radius 3 is 2.44 bits per heavy atom. The van der Waals surface area contributed by atoms with Crippen molar-refractivity contribution in [2.45, 2.75) is 57.2 Å². The van der Waals surface area contributed by atoms with Gasteiger partial charge in [-0.2, -0.15) is 4.31 Å². The van der Waals surface area contributed by atoms with Gasteiger partial charge in [0.25, 0.3) is 0 Å². The van der Waals surface area contributed by atoms with E-state index in [-0.39, 0.29) is 6.04 Å². The van der Waals surface area contributed by atoms with E-state index in [1.165, 1.54) is 0 Å². The van der Waals surface area contributed by atoms with Crippen molar-refractivity contribution >= 4 is 10.0 Å². The molecular formula is C11H24N2O2S. The molecule has 1 aliphatic rings. The summed E-state index contributed by atoms with van der Waals surface area (Å²) < 4.78 is 25.7. The van der Waals surface area contributed by atoms with E-state index in [1.807, 2.05) is 0 Å². The summed E-state index contributed by atoms with van der Waals surface area (Å²) in [5.74, 6) is 0. The maximum Gasteiger partial charge on any atom is 0.219 e. The fraction of sp³-hybridized carbons (Fsp3) is 1.00. The van der Waals surface area contributed by atoms with Crippen LogP contribution in [-0.4, -0.2) is 36.6 Å². The molecule has 1 unspecified atom stereocenters. The van der Waals surface area contributed by atoms with E-state index >= 15 is 0 Å². The first-order valence-electron chi connectivity index (χ1n) is 6.02. The van der Waals surface area contributed by atoms with Gasteiger partial charge in [-0.05, 0) is 46.6 Å². The maximum atomic E-state index is 12.4. The number of rotatable bonds is 3. The zero-order chi connectivity index (χ0) is 12.4. The highest BCUT2D eigenvalue weighted by atomic mass is 32.2. The van der Waals surface area contributed by atoms with Crippen LogP contribution in [0.3, 0.4) is 0 Å². The van der Waals surface area contributed by atoms with Gasteiger partial charge in [-0.25, -0.2) is 8.42 Å². The first-order chi connectivity index (χ1) is 7.30. The molecule has 0 aromatic rings. The zero-order valence-corrected chi connectivity index (χ0v) is 11.4. The summed E-state index contributed by atoms with van der Waals surface area (Å²) in [6.45, 7) is 6.49. The molecule has 1 aliphatic heterocycles. The van der Waals surface area contributed by atoms with Crippen molar-refractivity contribution in [3.05, 3.63) is 0 Å². The van der Waals surface area contributed by atoms with Gasteiger partial charge in [-0.15, -0.1) is 0 Å². The summed E-state index contributed by atoms with van der Waals surface area (Å²) in [6, 6.07) is 0.114. The largest absolute Gasteiger partial charge is 0.330 e. The lowest BCUT2D eigenvalue weighted by atomic mass is 10.0. The molecule has 96 valence electrons. The first-order valence-corrected chi connectivity index (χ1v) is 7.46. The van der Waals surface area contributed by atoms with Crippen LogP contribution < -0.4 is 5.73 Å². The third-order valence-electron chi connectivity index (χ3n) is 3.16. The van der Waals surface area contributed by atoms with Crippen LogP contribution in [0, 0.1) is 0 Å². The normalized spacial score (nSPS) is 24.6. The van der Waals surface area contributed by atoms with Crippen molar-refractivity contribution in [1.82, 2.24) is 4.31 Å². The molecule has 0 radical (unpaired) electrons. The van der Waals surface area contributed by atoms with Gasteiger partial charge in [0, 0.05) is 12.6 Å². The van der Waals surface area contributed by atoms with E-state index in [2.05, 4.69) is 0 Å². The predicted octanol–water partition coefficient (Wildman–Crippen LogP) is 1.32. The number of hydrogen-bond donors (Lipinski definition) is 1. The van der Waals surface area contributed by atoms with Crippen LogP contribution in [0.2, 0.25) is 0 Å². The average Bonchev–Trinajstić information content (AvgIpc) is 2.17. The summed E-state index contributed by atoms with van der Waals surface area (Å²) in [5, 5.41) is 0. The van der Waals surface area contributed by atoms with Crippen molar-refractivity contribution in [3.63, 3.8) is 0 Å². The molecule has 0 aliphatic carbocycles. The SMILES string of the molecule is CC(C)(C)S(=O)(=O)N1CCCCC1CCN. The van der Waals surface area contributed by atoms with Crippen molar-refractivity contribution < 1.29 is 8.42 Å². The van der Waals surface area contributed by atoms with E-state index < -0.39 is 14.8 Å². The maximum absolute atomic E-state index is 12.4. The molecule has 4 nitrogen and oxygen atoms in total. The minimum absolute atomic E-state index is 0.114. The van der Waals surface area contributed by atoms with Crippen LogP contribution in [0.5, 0.6) is 0 Å². The van der Waals surface area contributed by atoms with Crippen LogP contribution in [0.15, 0.2) is 0 Å². The van der Waals surface area contributed by atoms with Crippen molar-refractivity contribution in [1.29, 1.82) is 0 Å². The highest BCUT2D eigenvalue weighted by Gasteiger charge is 2.39. The van der Waals surface area contributed by atoms with Crippen molar-refractivity contribution in [2.75, 3.05) is 13.1 Å². The Morgan fingerprint density at radius 2 is 1.94 bits per heavy atom. The van der Waals surface area contributed by atoms with Gasteiger partial charge in [0.2, 0.25) is 10.0 Å². The molecule has 0 saturated carbocycles. The zero-order valence-electron chi connectivity index (χ0n) is 10.6. The quantitative estimate of drug-likeness (QED) is 0.819. The average molecular weight is 248 g/mol. The van der Waals surface area contributed by atoms with E-state index in [0.717, 1.165) is 25.7 Å². The van der Waals surface area contributed by atoms with Gasteiger partial charge in [0.15, 0.2) is 0 Å². The second-order valence-electron chi connectivity index (χ2n) is 5.46. The molecule has 1 heterocycles. The molecule has 0 bridgehead atoms. The lowest BCUT2D eigenvalue weighted by molar-refractivity contribution is 0.238. The van der Waals surface area contributed by atoms with Gasteiger partial charge in [0.05, 0.1) is 4.75 Å². The smallest absolute Gasteiger partial charge is 0.219 e. The second kappa shape index (κ2) is 5.02. The lowest BCUT2D eigenvalue weighted by Crippen LogP contribution is -2.50. The Hall–Kier alpha value is -0.130. The Morgan fingerprint density at radius 1 is 1.31 bits per heavy atom. The number of piperidine rings is 1. The third kappa shape index (κ3) is 2.76. The van der Waals surface area contributed by atoms with E-state index in [9.17, 15) is 8.42 Å². The molecule has 1 atom stereocenters. The molecule has 1 saturated heterocycles. The number of nitrogens with zero attached hydrogens (tertiary/aromatic N) is 1. The Bertz CT molecular complexity index is 317. The molecule has 1 fully saturated rings. The minimum Gasteiger partial charge on any atom is -0.330 e. The molecule has 1 rings (SSSR count). The lowest BCUT2D eigenvalue weighted by Gasteiger charge is -2.38.